The topological polar surface area (TPSA) is 46.5 Å². The second kappa shape index (κ2) is 10.2. The quantitative estimate of drug-likeness (QED) is 0.429. The van der Waals surface area contributed by atoms with Crippen molar-refractivity contribution in [1.82, 2.24) is 0 Å². The van der Waals surface area contributed by atoms with Crippen LogP contribution in [0, 0.1) is 6.92 Å². The summed E-state index contributed by atoms with van der Waals surface area (Å²) >= 11 is 7.97. The highest BCUT2D eigenvalue weighted by atomic mass is 35.5. The van der Waals surface area contributed by atoms with E-state index in [0.29, 0.717) is 10.8 Å². The molecule has 0 aliphatic heterocycles. The number of carbonyl (C=O) groups is 1. The molecule has 148 valence electrons. The molecule has 0 radical (unpaired) electrons. The first-order valence-corrected chi connectivity index (χ1v) is 10.5. The summed E-state index contributed by atoms with van der Waals surface area (Å²) in [4.78, 5) is 11.5. The fourth-order valence-electron chi connectivity index (χ4n) is 2.92. The number of benzene rings is 3. The van der Waals surface area contributed by atoms with Gasteiger partial charge in [-0.05, 0) is 47.4 Å². The molecule has 0 amide bonds. The average molecular weight is 425 g/mol. The highest BCUT2D eigenvalue weighted by Gasteiger charge is 2.09. The smallest absolute Gasteiger partial charge is 0.341 e. The average Bonchev–Trinajstić information content (AvgIpc) is 2.72. The summed E-state index contributed by atoms with van der Waals surface area (Å²) in [6.45, 7) is 1.73. The van der Waals surface area contributed by atoms with E-state index in [1.54, 1.807) is 23.9 Å². The number of thioether (sulfide) groups is 1. The van der Waals surface area contributed by atoms with Gasteiger partial charge in [0.1, 0.15) is 5.75 Å². The normalized spacial score (nSPS) is 11.3. The number of halogens is 1. The number of aryl methyl sites for hydroxylation is 1. The van der Waals surface area contributed by atoms with Crippen LogP contribution in [-0.4, -0.2) is 23.4 Å². The molecular weight excluding hydrogens is 404 g/mol. The van der Waals surface area contributed by atoms with Crippen LogP contribution in [0.25, 0.3) is 5.57 Å². The molecule has 0 aromatic heterocycles. The molecule has 5 heteroatoms. The van der Waals surface area contributed by atoms with Gasteiger partial charge in [-0.1, -0.05) is 72.3 Å². The van der Waals surface area contributed by atoms with Gasteiger partial charge in [0.15, 0.2) is 6.61 Å². The number of aliphatic carboxylic acids is 1. The van der Waals surface area contributed by atoms with Crippen LogP contribution in [0.4, 0.5) is 0 Å². The van der Waals surface area contributed by atoms with Crippen LogP contribution in [0.15, 0.2) is 83.8 Å². The second-order valence-corrected chi connectivity index (χ2v) is 7.85. The monoisotopic (exact) mass is 424 g/mol. The van der Waals surface area contributed by atoms with E-state index < -0.39 is 5.97 Å². The SMILES string of the molecule is Cc1ccccc1C(=CCSc1ccc(OCC(=O)O)cc1Cl)c1ccccc1. The van der Waals surface area contributed by atoms with Crippen molar-refractivity contribution < 1.29 is 14.6 Å². The summed E-state index contributed by atoms with van der Waals surface area (Å²) in [5.41, 5.74) is 4.80. The number of ether oxygens (including phenoxy) is 1. The lowest BCUT2D eigenvalue weighted by molar-refractivity contribution is -0.139. The molecule has 29 heavy (non-hydrogen) atoms. The highest BCUT2D eigenvalue weighted by Crippen LogP contribution is 2.32. The molecule has 0 aliphatic rings. The molecule has 0 saturated heterocycles. The molecule has 0 spiro atoms. The summed E-state index contributed by atoms with van der Waals surface area (Å²) in [5.74, 6) is 0.171. The van der Waals surface area contributed by atoms with Crippen molar-refractivity contribution in [3.8, 4) is 5.75 Å². The van der Waals surface area contributed by atoms with Crippen molar-refractivity contribution in [2.45, 2.75) is 11.8 Å². The van der Waals surface area contributed by atoms with Crippen molar-refractivity contribution in [2.75, 3.05) is 12.4 Å². The van der Waals surface area contributed by atoms with Crippen LogP contribution in [-0.2, 0) is 4.79 Å². The van der Waals surface area contributed by atoms with Gasteiger partial charge in [-0.25, -0.2) is 4.79 Å². The van der Waals surface area contributed by atoms with Crippen molar-refractivity contribution >= 4 is 34.9 Å². The van der Waals surface area contributed by atoms with Gasteiger partial charge < -0.3 is 9.84 Å². The zero-order chi connectivity index (χ0) is 20.6. The Bertz CT molecular complexity index is 1020. The van der Waals surface area contributed by atoms with Crippen LogP contribution in [0.1, 0.15) is 16.7 Å². The molecule has 0 saturated carbocycles. The van der Waals surface area contributed by atoms with Crippen molar-refractivity contribution in [1.29, 1.82) is 0 Å². The predicted molar refractivity (Wildman–Crippen MR) is 120 cm³/mol. The van der Waals surface area contributed by atoms with E-state index >= 15 is 0 Å². The van der Waals surface area contributed by atoms with Gasteiger partial charge in [0.2, 0.25) is 0 Å². The molecule has 3 rings (SSSR count). The number of hydrogen-bond donors (Lipinski definition) is 1. The summed E-state index contributed by atoms with van der Waals surface area (Å²) in [6, 6.07) is 23.9. The summed E-state index contributed by atoms with van der Waals surface area (Å²) in [7, 11) is 0. The Morgan fingerprint density at radius 3 is 2.48 bits per heavy atom. The van der Waals surface area contributed by atoms with Crippen molar-refractivity contribution in [3.63, 3.8) is 0 Å². The third-order valence-electron chi connectivity index (χ3n) is 4.31. The van der Waals surface area contributed by atoms with E-state index in [1.807, 2.05) is 30.3 Å². The molecule has 0 heterocycles. The maximum atomic E-state index is 10.6. The molecule has 0 atom stereocenters. The predicted octanol–water partition coefficient (Wildman–Crippen LogP) is 6.34. The Morgan fingerprint density at radius 2 is 1.79 bits per heavy atom. The van der Waals surface area contributed by atoms with Gasteiger partial charge in [-0.3, -0.25) is 0 Å². The number of carboxylic acids is 1. The van der Waals surface area contributed by atoms with Crippen molar-refractivity contribution in [2.24, 2.45) is 0 Å². The first-order valence-electron chi connectivity index (χ1n) is 9.13. The van der Waals surface area contributed by atoms with Gasteiger partial charge in [-0.2, -0.15) is 0 Å². The zero-order valence-electron chi connectivity index (χ0n) is 16.0. The fraction of sp³-hybridized carbons (Fsp3) is 0.125. The molecule has 3 aromatic carbocycles. The van der Waals surface area contributed by atoms with Crippen LogP contribution in [0.5, 0.6) is 5.75 Å². The molecule has 0 fully saturated rings. The Morgan fingerprint density at radius 1 is 1.07 bits per heavy atom. The van der Waals surface area contributed by atoms with Crippen LogP contribution < -0.4 is 4.74 Å². The van der Waals surface area contributed by atoms with Gasteiger partial charge in [0.25, 0.3) is 0 Å². The maximum Gasteiger partial charge on any atom is 0.341 e. The minimum Gasteiger partial charge on any atom is -0.482 e. The lowest BCUT2D eigenvalue weighted by Crippen LogP contribution is -2.09. The van der Waals surface area contributed by atoms with E-state index in [0.717, 1.165) is 10.6 Å². The summed E-state index contributed by atoms with van der Waals surface area (Å²) < 4.78 is 5.17. The van der Waals surface area contributed by atoms with Gasteiger partial charge in [0, 0.05) is 10.6 Å². The van der Waals surface area contributed by atoms with Gasteiger partial charge >= 0.3 is 5.97 Å². The number of carboxylic acid groups (broad SMARTS) is 1. The minimum absolute atomic E-state index is 0.386. The third kappa shape index (κ3) is 5.89. The fourth-order valence-corrected chi connectivity index (χ4v) is 4.05. The lowest BCUT2D eigenvalue weighted by Gasteiger charge is -2.12. The first kappa shape index (κ1) is 21.0. The van der Waals surface area contributed by atoms with Crippen molar-refractivity contribution in [3.05, 3.63) is 101 Å². The van der Waals surface area contributed by atoms with E-state index in [1.165, 1.54) is 22.3 Å². The molecule has 3 nitrogen and oxygen atoms in total. The molecule has 0 bridgehead atoms. The second-order valence-electron chi connectivity index (χ2n) is 6.38. The maximum absolute atomic E-state index is 10.6. The lowest BCUT2D eigenvalue weighted by atomic mass is 9.94. The molecule has 0 aliphatic carbocycles. The Kier molecular flexibility index (Phi) is 7.39. The van der Waals surface area contributed by atoms with Gasteiger partial charge in [0.05, 0.1) is 5.02 Å². The molecule has 0 unspecified atom stereocenters. The van der Waals surface area contributed by atoms with Gasteiger partial charge in [-0.15, -0.1) is 11.8 Å². The van der Waals surface area contributed by atoms with Crippen LogP contribution >= 0.6 is 23.4 Å². The number of hydrogen-bond acceptors (Lipinski definition) is 3. The summed E-state index contributed by atoms with van der Waals surface area (Å²) in [6.07, 6.45) is 2.22. The Hall–Kier alpha value is -2.69. The standard InChI is InChI=1S/C24H21ClO3S/c1-17-7-5-6-10-20(17)21(18-8-3-2-4-9-18)13-14-29-23-12-11-19(15-22(23)25)28-16-24(26)27/h2-13,15H,14,16H2,1H3,(H,26,27). The Balaban J connectivity index is 1.78. The molecule has 3 aromatic rings. The van der Waals surface area contributed by atoms with E-state index in [-0.39, 0.29) is 6.61 Å². The molecule has 1 N–H and O–H groups in total. The van der Waals surface area contributed by atoms with E-state index in [2.05, 4.69) is 43.3 Å². The molecular formula is C24H21ClO3S. The van der Waals surface area contributed by atoms with Crippen LogP contribution in [0.3, 0.4) is 0 Å². The first-order chi connectivity index (χ1) is 14.0. The van der Waals surface area contributed by atoms with E-state index in [9.17, 15) is 4.79 Å². The highest BCUT2D eigenvalue weighted by molar-refractivity contribution is 7.99. The summed E-state index contributed by atoms with van der Waals surface area (Å²) in [5, 5.41) is 9.25. The number of rotatable bonds is 8. The third-order valence-corrected chi connectivity index (χ3v) is 5.74. The van der Waals surface area contributed by atoms with Crippen LogP contribution in [0.2, 0.25) is 5.02 Å². The largest absolute Gasteiger partial charge is 0.482 e. The minimum atomic E-state index is -1.02. The Labute approximate surface area is 180 Å². The van der Waals surface area contributed by atoms with E-state index in [4.69, 9.17) is 21.4 Å². The zero-order valence-corrected chi connectivity index (χ0v) is 17.5.